The van der Waals surface area contributed by atoms with E-state index in [0.717, 1.165) is 57.6 Å². The molecule has 2 fully saturated rings. The van der Waals surface area contributed by atoms with E-state index in [1.165, 1.54) is 24.0 Å². The number of carbonyl (C=O) groups is 1. The molecule has 1 amide bonds. The van der Waals surface area contributed by atoms with Crippen molar-refractivity contribution in [3.63, 3.8) is 0 Å². The number of benzene rings is 1. The fourth-order valence-electron chi connectivity index (χ4n) is 5.71. The van der Waals surface area contributed by atoms with Crippen LogP contribution in [0, 0.1) is 12.8 Å². The first-order chi connectivity index (χ1) is 15.6. The summed E-state index contributed by atoms with van der Waals surface area (Å²) < 4.78 is 7.66. The lowest BCUT2D eigenvalue weighted by atomic mass is 9.94. The third-order valence-corrected chi connectivity index (χ3v) is 7.74. The molecule has 5 rings (SSSR count). The third kappa shape index (κ3) is 4.62. The van der Waals surface area contributed by atoms with Crippen molar-refractivity contribution in [2.75, 3.05) is 32.8 Å². The SMILES string of the molecule is Cc1cc(C(=O)N(CC2CCN(C3Cc4ccccc4C3)CC2)CC2CCCO2)nn1C. The number of hydrogen-bond donors (Lipinski definition) is 0. The molecular weight excluding hydrogens is 400 g/mol. The van der Waals surface area contributed by atoms with Crippen LogP contribution >= 0.6 is 0 Å². The van der Waals surface area contributed by atoms with E-state index < -0.39 is 0 Å². The van der Waals surface area contributed by atoms with Crippen molar-refractivity contribution in [3.8, 4) is 0 Å². The molecule has 0 saturated carbocycles. The van der Waals surface area contributed by atoms with Gasteiger partial charge in [-0.2, -0.15) is 5.10 Å². The van der Waals surface area contributed by atoms with Gasteiger partial charge in [-0.05, 0) is 81.6 Å². The summed E-state index contributed by atoms with van der Waals surface area (Å²) in [6, 6.07) is 11.5. The standard InChI is InChI=1S/C26H36N4O2/c1-19-14-25(27-28(19)2)26(31)30(18-24-8-5-13-32-24)17-20-9-11-29(12-10-20)23-15-21-6-3-4-7-22(21)16-23/h3-4,6-7,14,20,23-24H,5,8-13,15-18H2,1-2H3. The molecule has 1 unspecified atom stereocenters. The molecule has 1 aromatic carbocycles. The van der Waals surface area contributed by atoms with Crippen LogP contribution in [0.5, 0.6) is 0 Å². The summed E-state index contributed by atoms with van der Waals surface area (Å²) in [5.74, 6) is 0.600. The van der Waals surface area contributed by atoms with Crippen molar-refractivity contribution in [2.45, 2.75) is 57.6 Å². The lowest BCUT2D eigenvalue weighted by Gasteiger charge is -2.38. The van der Waals surface area contributed by atoms with Gasteiger partial charge in [0, 0.05) is 38.5 Å². The van der Waals surface area contributed by atoms with Crippen LogP contribution in [-0.4, -0.2) is 70.4 Å². The second kappa shape index (κ2) is 9.36. The molecule has 6 heteroatoms. The van der Waals surface area contributed by atoms with Crippen molar-refractivity contribution < 1.29 is 9.53 Å². The maximum atomic E-state index is 13.4. The molecule has 0 spiro atoms. The summed E-state index contributed by atoms with van der Waals surface area (Å²) in [4.78, 5) is 18.1. The topological polar surface area (TPSA) is 50.6 Å². The van der Waals surface area contributed by atoms with Gasteiger partial charge in [0.25, 0.3) is 5.91 Å². The van der Waals surface area contributed by atoms with Gasteiger partial charge < -0.3 is 9.64 Å². The van der Waals surface area contributed by atoms with Gasteiger partial charge in [0.05, 0.1) is 6.10 Å². The van der Waals surface area contributed by atoms with Gasteiger partial charge in [-0.25, -0.2) is 0 Å². The molecule has 2 aliphatic heterocycles. The number of aryl methyl sites for hydroxylation is 2. The monoisotopic (exact) mass is 436 g/mol. The van der Waals surface area contributed by atoms with E-state index in [4.69, 9.17) is 4.74 Å². The van der Waals surface area contributed by atoms with E-state index in [1.807, 2.05) is 24.9 Å². The highest BCUT2D eigenvalue weighted by Gasteiger charge is 2.32. The Balaban J connectivity index is 1.20. The van der Waals surface area contributed by atoms with Crippen LogP contribution in [-0.2, 0) is 24.6 Å². The number of aromatic nitrogens is 2. The van der Waals surface area contributed by atoms with Crippen LogP contribution in [0.15, 0.2) is 30.3 Å². The van der Waals surface area contributed by atoms with E-state index in [-0.39, 0.29) is 12.0 Å². The number of piperidine rings is 1. The predicted octanol–water partition coefficient (Wildman–Crippen LogP) is 3.23. The minimum absolute atomic E-state index is 0.0536. The molecule has 2 aromatic rings. The molecule has 1 aliphatic carbocycles. The molecule has 0 bridgehead atoms. The van der Waals surface area contributed by atoms with Gasteiger partial charge in [-0.3, -0.25) is 14.4 Å². The second-order valence-electron chi connectivity index (χ2n) is 9.95. The number of carbonyl (C=O) groups excluding carboxylic acids is 1. The van der Waals surface area contributed by atoms with Crippen LogP contribution in [0.2, 0.25) is 0 Å². The first-order valence-corrected chi connectivity index (χ1v) is 12.3. The molecule has 1 aromatic heterocycles. The summed E-state index contributed by atoms with van der Waals surface area (Å²) in [7, 11) is 1.90. The lowest BCUT2D eigenvalue weighted by Crippen LogP contribution is -2.46. The Morgan fingerprint density at radius 1 is 1.12 bits per heavy atom. The van der Waals surface area contributed by atoms with E-state index in [0.29, 0.717) is 24.2 Å². The molecule has 3 heterocycles. The van der Waals surface area contributed by atoms with Crippen LogP contribution in [0.25, 0.3) is 0 Å². The Bertz CT molecular complexity index is 897. The highest BCUT2D eigenvalue weighted by Crippen LogP contribution is 2.29. The number of amides is 1. The molecular formula is C26H36N4O2. The minimum atomic E-state index is 0.0536. The summed E-state index contributed by atoms with van der Waals surface area (Å²) >= 11 is 0. The molecule has 2 saturated heterocycles. The third-order valence-electron chi connectivity index (χ3n) is 7.74. The van der Waals surface area contributed by atoms with Crippen LogP contribution in [0.4, 0.5) is 0 Å². The van der Waals surface area contributed by atoms with Gasteiger partial charge in [-0.1, -0.05) is 24.3 Å². The van der Waals surface area contributed by atoms with Crippen molar-refractivity contribution in [1.82, 2.24) is 19.6 Å². The van der Waals surface area contributed by atoms with Crippen molar-refractivity contribution in [2.24, 2.45) is 13.0 Å². The Kier molecular flexibility index (Phi) is 6.33. The number of hydrogen-bond acceptors (Lipinski definition) is 4. The Morgan fingerprint density at radius 3 is 2.44 bits per heavy atom. The minimum Gasteiger partial charge on any atom is -0.376 e. The zero-order valence-corrected chi connectivity index (χ0v) is 19.5. The summed E-state index contributed by atoms with van der Waals surface area (Å²) in [6.07, 6.45) is 6.99. The summed E-state index contributed by atoms with van der Waals surface area (Å²) in [6.45, 7) is 6.57. The number of ether oxygens (including phenoxy) is 1. The molecule has 32 heavy (non-hydrogen) atoms. The quantitative estimate of drug-likeness (QED) is 0.698. The Hall–Kier alpha value is -2.18. The Morgan fingerprint density at radius 2 is 1.84 bits per heavy atom. The van der Waals surface area contributed by atoms with Crippen LogP contribution in [0.1, 0.15) is 53.0 Å². The zero-order valence-electron chi connectivity index (χ0n) is 19.5. The first-order valence-electron chi connectivity index (χ1n) is 12.3. The van der Waals surface area contributed by atoms with Crippen LogP contribution in [0.3, 0.4) is 0 Å². The first kappa shape index (κ1) is 21.7. The molecule has 0 N–H and O–H groups in total. The van der Waals surface area contributed by atoms with Gasteiger partial charge in [0.1, 0.15) is 0 Å². The van der Waals surface area contributed by atoms with E-state index in [1.54, 1.807) is 4.68 Å². The number of likely N-dealkylation sites (tertiary alicyclic amines) is 1. The molecule has 1 atom stereocenters. The van der Waals surface area contributed by atoms with E-state index in [9.17, 15) is 4.79 Å². The predicted molar refractivity (Wildman–Crippen MR) is 125 cm³/mol. The maximum Gasteiger partial charge on any atom is 0.274 e. The van der Waals surface area contributed by atoms with Gasteiger partial charge in [-0.15, -0.1) is 0 Å². The highest BCUT2D eigenvalue weighted by molar-refractivity contribution is 5.92. The molecule has 172 valence electrons. The lowest BCUT2D eigenvalue weighted by molar-refractivity contribution is 0.0425. The van der Waals surface area contributed by atoms with Crippen molar-refractivity contribution in [1.29, 1.82) is 0 Å². The molecule has 0 radical (unpaired) electrons. The highest BCUT2D eigenvalue weighted by atomic mass is 16.5. The smallest absolute Gasteiger partial charge is 0.274 e. The van der Waals surface area contributed by atoms with Crippen LogP contribution < -0.4 is 0 Å². The summed E-state index contributed by atoms with van der Waals surface area (Å²) in [5, 5.41) is 4.46. The van der Waals surface area contributed by atoms with Crippen molar-refractivity contribution >= 4 is 5.91 Å². The zero-order chi connectivity index (χ0) is 22.1. The van der Waals surface area contributed by atoms with E-state index in [2.05, 4.69) is 34.3 Å². The fraction of sp³-hybridized carbons (Fsp3) is 0.615. The Labute approximate surface area is 191 Å². The summed E-state index contributed by atoms with van der Waals surface area (Å²) in [5.41, 5.74) is 4.62. The maximum absolute atomic E-state index is 13.4. The second-order valence-corrected chi connectivity index (χ2v) is 9.95. The number of nitrogens with zero attached hydrogens (tertiary/aromatic N) is 4. The fourth-order valence-corrected chi connectivity index (χ4v) is 5.71. The largest absolute Gasteiger partial charge is 0.376 e. The average Bonchev–Trinajstić information content (AvgIpc) is 3.54. The number of fused-ring (bicyclic) bond motifs is 1. The number of rotatable bonds is 6. The van der Waals surface area contributed by atoms with Gasteiger partial charge >= 0.3 is 0 Å². The van der Waals surface area contributed by atoms with E-state index >= 15 is 0 Å². The van der Waals surface area contributed by atoms with Crippen molar-refractivity contribution in [3.05, 3.63) is 52.8 Å². The molecule has 6 nitrogen and oxygen atoms in total. The van der Waals surface area contributed by atoms with Gasteiger partial charge in [0.2, 0.25) is 0 Å². The normalized spacial score (nSPS) is 22.4. The van der Waals surface area contributed by atoms with Gasteiger partial charge in [0.15, 0.2) is 5.69 Å². The average molecular weight is 437 g/mol. The molecule has 3 aliphatic rings.